The van der Waals surface area contributed by atoms with Crippen LogP contribution in [0.1, 0.15) is 33.1 Å². The summed E-state index contributed by atoms with van der Waals surface area (Å²) < 4.78 is 5.47. The topological polar surface area (TPSA) is 84.6 Å². The van der Waals surface area contributed by atoms with Gasteiger partial charge in [-0.2, -0.15) is 0 Å². The Hall–Kier alpha value is -1.82. The standard InChI is InChI=1S/C14H22N2O4/c1-3-7-20-14-9-12(8-13(10-14)16(18)19)15-11(4-2)5-6-17/h8-11,15,17H,3-7H2,1-2H3. The molecule has 0 saturated heterocycles. The van der Waals surface area contributed by atoms with Crippen LogP contribution in [0.15, 0.2) is 18.2 Å². The first-order valence-electron chi connectivity index (χ1n) is 6.90. The molecule has 1 rings (SSSR count). The number of hydrogen-bond acceptors (Lipinski definition) is 5. The molecule has 0 aliphatic carbocycles. The van der Waals surface area contributed by atoms with Gasteiger partial charge in [0.1, 0.15) is 5.75 Å². The summed E-state index contributed by atoms with van der Waals surface area (Å²) in [6, 6.07) is 4.75. The number of hydrogen-bond donors (Lipinski definition) is 2. The number of benzene rings is 1. The van der Waals surface area contributed by atoms with Crippen molar-refractivity contribution in [3.63, 3.8) is 0 Å². The van der Waals surface area contributed by atoms with Crippen molar-refractivity contribution in [1.29, 1.82) is 0 Å². The average molecular weight is 282 g/mol. The molecule has 6 heteroatoms. The number of nitro benzene ring substituents is 1. The lowest BCUT2D eigenvalue weighted by atomic mass is 10.1. The third-order valence-electron chi connectivity index (χ3n) is 2.92. The minimum Gasteiger partial charge on any atom is -0.493 e. The Morgan fingerprint density at radius 2 is 2.15 bits per heavy atom. The molecule has 0 aliphatic heterocycles. The number of aliphatic hydroxyl groups is 1. The van der Waals surface area contributed by atoms with Crippen molar-refractivity contribution in [3.05, 3.63) is 28.3 Å². The predicted octanol–water partition coefficient (Wildman–Crippen LogP) is 2.96. The van der Waals surface area contributed by atoms with Crippen molar-refractivity contribution in [2.45, 2.75) is 39.2 Å². The lowest BCUT2D eigenvalue weighted by Gasteiger charge is -2.17. The number of aliphatic hydroxyl groups excluding tert-OH is 1. The summed E-state index contributed by atoms with van der Waals surface area (Å²) in [5.74, 6) is 0.488. The number of anilines is 1. The van der Waals surface area contributed by atoms with Gasteiger partial charge < -0.3 is 15.2 Å². The van der Waals surface area contributed by atoms with Gasteiger partial charge in [-0.05, 0) is 19.3 Å². The molecule has 0 aliphatic rings. The fraction of sp³-hybridized carbons (Fsp3) is 0.571. The van der Waals surface area contributed by atoms with E-state index in [-0.39, 0.29) is 18.3 Å². The molecule has 20 heavy (non-hydrogen) atoms. The van der Waals surface area contributed by atoms with E-state index >= 15 is 0 Å². The van der Waals surface area contributed by atoms with Crippen molar-refractivity contribution in [1.82, 2.24) is 0 Å². The molecule has 1 atom stereocenters. The molecule has 0 fully saturated rings. The fourth-order valence-electron chi connectivity index (χ4n) is 1.85. The highest BCUT2D eigenvalue weighted by Crippen LogP contribution is 2.27. The summed E-state index contributed by atoms with van der Waals surface area (Å²) in [5, 5.41) is 23.1. The van der Waals surface area contributed by atoms with Crippen molar-refractivity contribution in [3.8, 4) is 5.75 Å². The summed E-state index contributed by atoms with van der Waals surface area (Å²) in [5.41, 5.74) is 0.644. The van der Waals surface area contributed by atoms with Crippen LogP contribution >= 0.6 is 0 Å². The third-order valence-corrected chi connectivity index (χ3v) is 2.92. The van der Waals surface area contributed by atoms with Crippen molar-refractivity contribution in [2.24, 2.45) is 0 Å². The van der Waals surface area contributed by atoms with Crippen LogP contribution in [0, 0.1) is 10.1 Å². The Bertz CT molecular complexity index is 437. The Morgan fingerprint density at radius 3 is 2.70 bits per heavy atom. The lowest BCUT2D eigenvalue weighted by Crippen LogP contribution is -2.19. The summed E-state index contributed by atoms with van der Waals surface area (Å²) in [6.45, 7) is 4.58. The third kappa shape index (κ3) is 5.05. The highest BCUT2D eigenvalue weighted by molar-refractivity contribution is 5.56. The van der Waals surface area contributed by atoms with Crippen LogP contribution in [0.25, 0.3) is 0 Å². The van der Waals surface area contributed by atoms with E-state index in [4.69, 9.17) is 9.84 Å². The summed E-state index contributed by atoms with van der Waals surface area (Å²) in [4.78, 5) is 10.5. The smallest absolute Gasteiger partial charge is 0.275 e. The molecule has 1 aromatic carbocycles. The second-order valence-electron chi connectivity index (χ2n) is 4.58. The van der Waals surface area contributed by atoms with Crippen molar-refractivity contribution >= 4 is 11.4 Å². The highest BCUT2D eigenvalue weighted by atomic mass is 16.6. The van der Waals surface area contributed by atoms with Crippen molar-refractivity contribution in [2.75, 3.05) is 18.5 Å². The van der Waals surface area contributed by atoms with Crippen LogP contribution in [0.4, 0.5) is 11.4 Å². The van der Waals surface area contributed by atoms with Gasteiger partial charge in [-0.15, -0.1) is 0 Å². The molecule has 1 unspecified atom stereocenters. The average Bonchev–Trinajstić information content (AvgIpc) is 2.44. The number of ether oxygens (including phenoxy) is 1. The molecule has 0 aromatic heterocycles. The first-order valence-corrected chi connectivity index (χ1v) is 6.90. The normalized spacial score (nSPS) is 11.9. The zero-order valence-electron chi connectivity index (χ0n) is 12.0. The van der Waals surface area contributed by atoms with Gasteiger partial charge in [-0.3, -0.25) is 10.1 Å². The Kier molecular flexibility index (Phi) is 6.79. The second kappa shape index (κ2) is 8.37. The maximum atomic E-state index is 10.9. The maximum Gasteiger partial charge on any atom is 0.275 e. The zero-order chi connectivity index (χ0) is 15.0. The molecule has 1 aromatic rings. The SMILES string of the molecule is CCCOc1cc(NC(CC)CCO)cc([N+](=O)[O-])c1. The van der Waals surface area contributed by atoms with Crippen LogP contribution in [-0.4, -0.2) is 29.3 Å². The molecule has 0 radical (unpaired) electrons. The number of nitrogens with one attached hydrogen (secondary N) is 1. The quantitative estimate of drug-likeness (QED) is 0.537. The molecule has 0 amide bonds. The molecule has 0 bridgehead atoms. The van der Waals surface area contributed by atoms with E-state index in [0.29, 0.717) is 24.5 Å². The molecule has 112 valence electrons. The van der Waals surface area contributed by atoms with Crippen LogP contribution in [0.5, 0.6) is 5.75 Å². The van der Waals surface area contributed by atoms with Crippen molar-refractivity contribution < 1.29 is 14.8 Å². The van der Waals surface area contributed by atoms with E-state index in [1.54, 1.807) is 6.07 Å². The van der Waals surface area contributed by atoms with Crippen LogP contribution in [-0.2, 0) is 0 Å². The molecule has 0 saturated carbocycles. The monoisotopic (exact) mass is 282 g/mol. The van der Waals surface area contributed by atoms with E-state index in [9.17, 15) is 10.1 Å². The van der Waals surface area contributed by atoms with E-state index in [2.05, 4.69) is 5.32 Å². The van der Waals surface area contributed by atoms with Gasteiger partial charge in [0, 0.05) is 30.5 Å². The molecular weight excluding hydrogens is 260 g/mol. The summed E-state index contributed by atoms with van der Waals surface area (Å²) in [7, 11) is 0. The van der Waals surface area contributed by atoms with Gasteiger partial charge in [0.25, 0.3) is 5.69 Å². The summed E-state index contributed by atoms with van der Waals surface area (Å²) >= 11 is 0. The maximum absolute atomic E-state index is 10.9. The van der Waals surface area contributed by atoms with Crippen LogP contribution in [0.2, 0.25) is 0 Å². The largest absolute Gasteiger partial charge is 0.493 e. The van der Waals surface area contributed by atoms with Gasteiger partial charge in [-0.25, -0.2) is 0 Å². The Morgan fingerprint density at radius 1 is 1.40 bits per heavy atom. The van der Waals surface area contributed by atoms with Gasteiger partial charge in [0.2, 0.25) is 0 Å². The van der Waals surface area contributed by atoms with Gasteiger partial charge in [-0.1, -0.05) is 13.8 Å². The molecule has 0 heterocycles. The number of nitro groups is 1. The van der Waals surface area contributed by atoms with E-state index in [0.717, 1.165) is 12.8 Å². The number of non-ortho nitro benzene ring substituents is 1. The van der Waals surface area contributed by atoms with E-state index in [1.165, 1.54) is 12.1 Å². The first kappa shape index (κ1) is 16.2. The first-order chi connectivity index (χ1) is 9.60. The Labute approximate surface area is 118 Å². The number of nitrogens with zero attached hydrogens (tertiary/aromatic N) is 1. The van der Waals surface area contributed by atoms with Crippen LogP contribution in [0.3, 0.4) is 0 Å². The number of rotatable bonds is 9. The van der Waals surface area contributed by atoms with E-state index < -0.39 is 4.92 Å². The van der Waals surface area contributed by atoms with Gasteiger partial charge in [0.15, 0.2) is 0 Å². The molecular formula is C14H22N2O4. The zero-order valence-corrected chi connectivity index (χ0v) is 12.0. The second-order valence-corrected chi connectivity index (χ2v) is 4.58. The van der Waals surface area contributed by atoms with Gasteiger partial charge in [0.05, 0.1) is 17.6 Å². The minimum absolute atomic E-state index is 0.0000420. The van der Waals surface area contributed by atoms with Gasteiger partial charge >= 0.3 is 0 Å². The molecule has 0 spiro atoms. The van der Waals surface area contributed by atoms with Crippen LogP contribution < -0.4 is 10.1 Å². The predicted molar refractivity (Wildman–Crippen MR) is 78.3 cm³/mol. The molecule has 2 N–H and O–H groups in total. The minimum atomic E-state index is -0.434. The van der Waals surface area contributed by atoms with E-state index in [1.807, 2.05) is 13.8 Å². The summed E-state index contributed by atoms with van der Waals surface area (Å²) in [6.07, 6.45) is 2.27. The Balaban J connectivity index is 2.92. The lowest BCUT2D eigenvalue weighted by molar-refractivity contribution is -0.384. The molecule has 6 nitrogen and oxygen atoms in total. The highest BCUT2D eigenvalue weighted by Gasteiger charge is 2.13. The fourth-order valence-corrected chi connectivity index (χ4v) is 1.85.